The van der Waals surface area contributed by atoms with E-state index in [0.29, 0.717) is 5.69 Å². The molecule has 0 aliphatic carbocycles. The fourth-order valence-corrected chi connectivity index (χ4v) is 4.87. The summed E-state index contributed by atoms with van der Waals surface area (Å²) < 4.78 is 30.3. The third-order valence-electron chi connectivity index (χ3n) is 4.17. The van der Waals surface area contributed by atoms with E-state index >= 15 is 0 Å². The van der Waals surface area contributed by atoms with E-state index in [9.17, 15) is 13.2 Å². The number of rotatable bonds is 4. The molecule has 3 aromatic rings. The Morgan fingerprint density at radius 1 is 1.04 bits per heavy atom. The molecule has 0 aliphatic rings. The van der Waals surface area contributed by atoms with E-state index in [-0.39, 0.29) is 15.8 Å². The topological polar surface area (TPSA) is 68.2 Å². The lowest BCUT2D eigenvalue weighted by atomic mass is 10.1. The lowest BCUT2D eigenvalue weighted by Gasteiger charge is -2.11. The van der Waals surface area contributed by atoms with Crippen molar-refractivity contribution < 1.29 is 8.42 Å². The van der Waals surface area contributed by atoms with Crippen LogP contribution in [0.1, 0.15) is 31.0 Å². The van der Waals surface area contributed by atoms with Crippen molar-refractivity contribution in [2.45, 2.75) is 38.6 Å². The van der Waals surface area contributed by atoms with Gasteiger partial charge in [-0.05, 0) is 69.2 Å². The Kier molecular flexibility index (Phi) is 4.47. The largest absolute Gasteiger partial charge is 0.308 e. The van der Waals surface area contributed by atoms with Crippen LogP contribution in [0.2, 0.25) is 0 Å². The van der Waals surface area contributed by atoms with Gasteiger partial charge in [0.15, 0.2) is 0 Å². The highest BCUT2D eigenvalue weighted by molar-refractivity contribution is 7.92. The summed E-state index contributed by atoms with van der Waals surface area (Å²) in [5.41, 5.74) is 3.23. The van der Waals surface area contributed by atoms with Gasteiger partial charge in [0.05, 0.1) is 20.8 Å². The maximum absolute atomic E-state index is 12.6. The molecule has 1 aromatic heterocycles. The lowest BCUT2D eigenvalue weighted by Crippen LogP contribution is -2.15. The molecule has 0 radical (unpaired) electrons. The average molecular weight is 377 g/mol. The highest BCUT2D eigenvalue weighted by atomic mass is 32.2. The second-order valence-electron chi connectivity index (χ2n) is 6.37. The number of benzene rings is 2. The molecule has 0 fully saturated rings. The maximum atomic E-state index is 12.6. The van der Waals surface area contributed by atoms with Gasteiger partial charge in [-0.2, -0.15) is 0 Å². The zero-order valence-corrected chi connectivity index (χ0v) is 16.2. The quantitative estimate of drug-likeness (QED) is 0.746. The van der Waals surface area contributed by atoms with E-state index in [2.05, 4.69) is 4.72 Å². The third kappa shape index (κ3) is 3.34. The summed E-state index contributed by atoms with van der Waals surface area (Å²) in [5.74, 6) is 0. The summed E-state index contributed by atoms with van der Waals surface area (Å²) in [7, 11) is -3.67. The van der Waals surface area contributed by atoms with Gasteiger partial charge >= 0.3 is 4.87 Å². The van der Waals surface area contributed by atoms with Crippen molar-refractivity contribution in [1.29, 1.82) is 0 Å². The minimum atomic E-state index is -3.67. The van der Waals surface area contributed by atoms with Gasteiger partial charge in [-0.15, -0.1) is 0 Å². The molecule has 0 atom stereocenters. The van der Waals surface area contributed by atoms with Gasteiger partial charge in [-0.3, -0.25) is 14.1 Å². The molecule has 0 spiro atoms. The molecule has 3 rings (SSSR count). The number of aryl methyl sites for hydroxylation is 2. The van der Waals surface area contributed by atoms with Crippen LogP contribution < -0.4 is 9.60 Å². The predicted octanol–water partition coefficient (Wildman–Crippen LogP) is 4.06. The van der Waals surface area contributed by atoms with E-state index in [1.165, 1.54) is 0 Å². The highest BCUT2D eigenvalue weighted by Gasteiger charge is 2.16. The van der Waals surface area contributed by atoms with Crippen molar-refractivity contribution in [3.63, 3.8) is 0 Å². The van der Waals surface area contributed by atoms with E-state index in [1.807, 2.05) is 27.7 Å². The first-order valence-corrected chi connectivity index (χ1v) is 10.2. The molecule has 0 unspecified atom stereocenters. The fraction of sp³-hybridized carbons (Fsp3) is 0.278. The van der Waals surface area contributed by atoms with Gasteiger partial charge in [0.2, 0.25) is 0 Å². The standard InChI is InChI=1S/C18H20N2O3S2/c1-11(2)20-16-8-6-14(10-17(16)24-18(20)21)19-25(22,23)15-7-5-12(3)13(4)9-15/h5-11,19H,1-4H3. The molecule has 0 saturated heterocycles. The van der Waals surface area contributed by atoms with Crippen LogP contribution in [0.3, 0.4) is 0 Å². The van der Waals surface area contributed by atoms with Gasteiger partial charge < -0.3 is 0 Å². The second kappa shape index (κ2) is 6.31. The average Bonchev–Trinajstić information content (AvgIpc) is 2.84. The molecule has 25 heavy (non-hydrogen) atoms. The number of nitrogens with zero attached hydrogens (tertiary/aromatic N) is 1. The molecular formula is C18H20N2O3S2. The van der Waals surface area contributed by atoms with E-state index < -0.39 is 10.0 Å². The molecule has 0 bridgehead atoms. The zero-order chi connectivity index (χ0) is 18.4. The van der Waals surface area contributed by atoms with Crippen molar-refractivity contribution >= 4 is 37.3 Å². The summed E-state index contributed by atoms with van der Waals surface area (Å²) in [4.78, 5) is 12.3. The number of sulfonamides is 1. The Morgan fingerprint density at radius 2 is 1.76 bits per heavy atom. The number of hydrogen-bond donors (Lipinski definition) is 1. The number of thiazole rings is 1. The smallest absolute Gasteiger partial charge is 0.296 e. The molecule has 7 heteroatoms. The molecule has 2 aromatic carbocycles. The van der Waals surface area contributed by atoms with Gasteiger partial charge in [-0.25, -0.2) is 8.42 Å². The number of anilines is 1. The Balaban J connectivity index is 2.00. The van der Waals surface area contributed by atoms with Crippen molar-refractivity contribution in [3.05, 3.63) is 57.2 Å². The number of aromatic nitrogens is 1. The van der Waals surface area contributed by atoms with Gasteiger partial charge in [0, 0.05) is 6.04 Å². The minimum absolute atomic E-state index is 0.0424. The molecule has 1 N–H and O–H groups in total. The van der Waals surface area contributed by atoms with E-state index in [4.69, 9.17) is 0 Å². The minimum Gasteiger partial charge on any atom is -0.296 e. The summed E-state index contributed by atoms with van der Waals surface area (Å²) in [6.45, 7) is 7.72. The SMILES string of the molecule is Cc1ccc(S(=O)(=O)Nc2ccc3c(c2)sc(=O)n3C(C)C)cc1C. The first kappa shape index (κ1) is 17.7. The number of fused-ring (bicyclic) bond motifs is 1. The first-order valence-electron chi connectivity index (χ1n) is 7.94. The first-order chi connectivity index (χ1) is 11.7. The van der Waals surface area contributed by atoms with Crippen LogP contribution in [0.15, 0.2) is 46.1 Å². The molecule has 0 amide bonds. The number of hydrogen-bond acceptors (Lipinski definition) is 4. The van der Waals surface area contributed by atoms with Gasteiger partial charge in [0.1, 0.15) is 0 Å². The van der Waals surface area contributed by atoms with E-state index in [0.717, 1.165) is 32.7 Å². The Labute approximate surface area is 151 Å². The van der Waals surface area contributed by atoms with Crippen LogP contribution in [-0.4, -0.2) is 13.0 Å². The highest BCUT2D eigenvalue weighted by Crippen LogP contribution is 2.26. The van der Waals surface area contributed by atoms with Crippen LogP contribution in [0.5, 0.6) is 0 Å². The van der Waals surface area contributed by atoms with Gasteiger partial charge in [-0.1, -0.05) is 17.4 Å². The summed E-state index contributed by atoms with van der Waals surface area (Å²) >= 11 is 1.12. The lowest BCUT2D eigenvalue weighted by molar-refractivity contribution is 0.601. The summed E-state index contributed by atoms with van der Waals surface area (Å²) in [6, 6.07) is 10.3. The van der Waals surface area contributed by atoms with Crippen LogP contribution in [0.25, 0.3) is 10.2 Å². The Hall–Kier alpha value is -2.12. The third-order valence-corrected chi connectivity index (χ3v) is 6.47. The number of nitrogens with one attached hydrogen (secondary N) is 1. The normalized spacial score (nSPS) is 12.0. The van der Waals surface area contributed by atoms with Crippen LogP contribution in [0, 0.1) is 13.8 Å². The molecule has 1 heterocycles. The van der Waals surface area contributed by atoms with Crippen molar-refractivity contribution in [1.82, 2.24) is 4.57 Å². The van der Waals surface area contributed by atoms with Crippen molar-refractivity contribution in [2.24, 2.45) is 0 Å². The van der Waals surface area contributed by atoms with Gasteiger partial charge in [0.25, 0.3) is 10.0 Å². The Morgan fingerprint density at radius 3 is 2.40 bits per heavy atom. The van der Waals surface area contributed by atoms with Crippen LogP contribution in [-0.2, 0) is 10.0 Å². The van der Waals surface area contributed by atoms with Crippen LogP contribution in [0.4, 0.5) is 5.69 Å². The van der Waals surface area contributed by atoms with Crippen molar-refractivity contribution in [2.75, 3.05) is 4.72 Å². The molecule has 5 nitrogen and oxygen atoms in total. The molecule has 0 aliphatic heterocycles. The Bertz CT molecular complexity index is 1110. The molecule has 132 valence electrons. The molecule has 0 saturated carbocycles. The molecular weight excluding hydrogens is 356 g/mol. The zero-order valence-electron chi connectivity index (χ0n) is 14.5. The van der Waals surface area contributed by atoms with E-state index in [1.54, 1.807) is 41.0 Å². The maximum Gasteiger partial charge on any atom is 0.308 e. The monoisotopic (exact) mass is 376 g/mol. The summed E-state index contributed by atoms with van der Waals surface area (Å²) in [6.07, 6.45) is 0. The van der Waals surface area contributed by atoms with Crippen LogP contribution >= 0.6 is 11.3 Å². The van der Waals surface area contributed by atoms with Crippen molar-refractivity contribution in [3.8, 4) is 0 Å². The predicted molar refractivity (Wildman–Crippen MR) is 103 cm³/mol. The fourth-order valence-electron chi connectivity index (χ4n) is 2.68. The second-order valence-corrected chi connectivity index (χ2v) is 9.04. The summed E-state index contributed by atoms with van der Waals surface area (Å²) in [5, 5.41) is 0.